The summed E-state index contributed by atoms with van der Waals surface area (Å²) >= 11 is 3.38. The van der Waals surface area contributed by atoms with E-state index in [1.807, 2.05) is 38.1 Å². The van der Waals surface area contributed by atoms with Crippen molar-refractivity contribution < 1.29 is 17.9 Å². The second-order valence-corrected chi connectivity index (χ2v) is 9.62. The maximum atomic E-state index is 12.1. The molecule has 6 nitrogen and oxygen atoms in total. The molecule has 8 heteroatoms. The SMILES string of the molecule is Cc1ccc(OCCNC(=O)CCCN(c2ccccc2Br)S(C)(=O)=O)c(C)c1. The molecule has 2 aromatic carbocycles. The fraction of sp³-hybridized carbons (Fsp3) is 0.381. The van der Waals surface area contributed by atoms with Crippen molar-refractivity contribution in [3.8, 4) is 5.75 Å². The Labute approximate surface area is 181 Å². The van der Waals surface area contributed by atoms with Crippen LogP contribution in [0.2, 0.25) is 0 Å². The van der Waals surface area contributed by atoms with Crippen LogP contribution in [0.1, 0.15) is 24.0 Å². The van der Waals surface area contributed by atoms with E-state index < -0.39 is 10.0 Å². The molecule has 2 rings (SSSR count). The number of ether oxygens (including phenoxy) is 1. The fourth-order valence-electron chi connectivity index (χ4n) is 2.90. The molecule has 0 fully saturated rings. The summed E-state index contributed by atoms with van der Waals surface area (Å²) in [6.07, 6.45) is 1.81. The number of para-hydroxylation sites is 1. The molecule has 0 aliphatic carbocycles. The Hall–Kier alpha value is -2.06. The van der Waals surface area contributed by atoms with Gasteiger partial charge in [-0.2, -0.15) is 0 Å². The highest BCUT2D eigenvalue weighted by atomic mass is 79.9. The van der Waals surface area contributed by atoms with Gasteiger partial charge in [-0.15, -0.1) is 0 Å². The molecule has 1 amide bonds. The van der Waals surface area contributed by atoms with Crippen molar-refractivity contribution >= 4 is 37.5 Å². The molecule has 0 aliphatic rings. The quantitative estimate of drug-likeness (QED) is 0.522. The molecule has 29 heavy (non-hydrogen) atoms. The van der Waals surface area contributed by atoms with Gasteiger partial charge in [0, 0.05) is 17.4 Å². The van der Waals surface area contributed by atoms with E-state index >= 15 is 0 Å². The normalized spacial score (nSPS) is 11.2. The lowest BCUT2D eigenvalue weighted by Gasteiger charge is -2.23. The Morgan fingerprint density at radius 3 is 2.55 bits per heavy atom. The standard InChI is InChI=1S/C21H27BrN2O4S/c1-16-10-11-20(17(2)15-16)28-14-12-23-21(25)9-6-13-24(29(3,26)27)19-8-5-4-7-18(19)22/h4-5,7-8,10-11,15H,6,9,12-14H2,1-3H3,(H,23,25). The summed E-state index contributed by atoms with van der Waals surface area (Å²) in [5, 5.41) is 2.81. The summed E-state index contributed by atoms with van der Waals surface area (Å²) in [6, 6.07) is 13.1. The number of hydrogen-bond donors (Lipinski definition) is 1. The number of benzene rings is 2. The van der Waals surface area contributed by atoms with Crippen molar-refractivity contribution in [3.63, 3.8) is 0 Å². The van der Waals surface area contributed by atoms with Gasteiger partial charge in [0.2, 0.25) is 15.9 Å². The topological polar surface area (TPSA) is 75.7 Å². The van der Waals surface area contributed by atoms with Crippen LogP contribution in [0.25, 0.3) is 0 Å². The van der Waals surface area contributed by atoms with Gasteiger partial charge in [0.15, 0.2) is 0 Å². The summed E-state index contributed by atoms with van der Waals surface area (Å²) < 4.78 is 32.0. The molecule has 0 aliphatic heterocycles. The Kier molecular flexibility index (Phi) is 8.52. The average Bonchev–Trinajstić information content (AvgIpc) is 2.64. The minimum absolute atomic E-state index is 0.130. The summed E-state index contributed by atoms with van der Waals surface area (Å²) in [7, 11) is -3.45. The van der Waals surface area contributed by atoms with Gasteiger partial charge in [0.25, 0.3) is 0 Å². The van der Waals surface area contributed by atoms with E-state index in [-0.39, 0.29) is 18.9 Å². The van der Waals surface area contributed by atoms with Crippen molar-refractivity contribution in [2.24, 2.45) is 0 Å². The van der Waals surface area contributed by atoms with Crippen molar-refractivity contribution in [3.05, 3.63) is 58.1 Å². The lowest BCUT2D eigenvalue weighted by atomic mass is 10.1. The minimum Gasteiger partial charge on any atom is -0.491 e. The highest BCUT2D eigenvalue weighted by Gasteiger charge is 2.19. The van der Waals surface area contributed by atoms with Gasteiger partial charge in [-0.25, -0.2) is 8.42 Å². The zero-order chi connectivity index (χ0) is 21.4. The molecule has 0 bridgehead atoms. The summed E-state index contributed by atoms with van der Waals surface area (Å²) in [6.45, 7) is 5.01. The van der Waals surface area contributed by atoms with Crippen molar-refractivity contribution in [1.82, 2.24) is 5.32 Å². The number of halogens is 1. The highest BCUT2D eigenvalue weighted by molar-refractivity contribution is 9.10. The van der Waals surface area contributed by atoms with Gasteiger partial charge in [-0.3, -0.25) is 9.10 Å². The van der Waals surface area contributed by atoms with Crippen LogP contribution in [0.4, 0.5) is 5.69 Å². The van der Waals surface area contributed by atoms with Gasteiger partial charge in [0.05, 0.1) is 18.5 Å². The maximum absolute atomic E-state index is 12.1. The van der Waals surface area contributed by atoms with Crippen molar-refractivity contribution in [1.29, 1.82) is 0 Å². The zero-order valence-corrected chi connectivity index (χ0v) is 19.3. The lowest BCUT2D eigenvalue weighted by molar-refractivity contribution is -0.121. The molecule has 0 saturated heterocycles. The van der Waals surface area contributed by atoms with Gasteiger partial charge >= 0.3 is 0 Å². The third-order valence-electron chi connectivity index (χ3n) is 4.30. The Balaban J connectivity index is 1.77. The van der Waals surface area contributed by atoms with E-state index in [9.17, 15) is 13.2 Å². The predicted molar refractivity (Wildman–Crippen MR) is 120 cm³/mol. The molecular formula is C21H27BrN2O4S. The monoisotopic (exact) mass is 482 g/mol. The number of aryl methyl sites for hydroxylation is 2. The second-order valence-electron chi connectivity index (χ2n) is 6.86. The van der Waals surface area contributed by atoms with Crippen LogP contribution in [-0.4, -0.2) is 40.3 Å². The Morgan fingerprint density at radius 1 is 1.17 bits per heavy atom. The predicted octanol–water partition coefficient (Wildman–Crippen LogP) is 3.81. The van der Waals surface area contributed by atoms with Gasteiger partial charge in [-0.1, -0.05) is 29.8 Å². The molecule has 1 N–H and O–H groups in total. The first-order valence-corrected chi connectivity index (χ1v) is 12.0. The smallest absolute Gasteiger partial charge is 0.232 e. The fourth-order valence-corrected chi connectivity index (χ4v) is 4.50. The Morgan fingerprint density at radius 2 is 1.90 bits per heavy atom. The number of rotatable bonds is 10. The number of amides is 1. The van der Waals surface area contributed by atoms with E-state index in [2.05, 4.69) is 21.2 Å². The van der Waals surface area contributed by atoms with Gasteiger partial charge < -0.3 is 10.1 Å². The van der Waals surface area contributed by atoms with E-state index in [1.54, 1.807) is 18.2 Å². The molecule has 0 heterocycles. The largest absolute Gasteiger partial charge is 0.491 e. The minimum atomic E-state index is -3.45. The second kappa shape index (κ2) is 10.6. The molecule has 0 spiro atoms. The summed E-state index contributed by atoms with van der Waals surface area (Å²) in [4.78, 5) is 12.1. The van der Waals surface area contributed by atoms with Crippen molar-refractivity contribution in [2.75, 3.05) is 30.3 Å². The zero-order valence-electron chi connectivity index (χ0n) is 16.9. The third kappa shape index (κ3) is 7.36. The number of anilines is 1. The molecular weight excluding hydrogens is 456 g/mol. The number of carbonyl (C=O) groups excluding carboxylic acids is 1. The third-order valence-corrected chi connectivity index (χ3v) is 6.15. The molecule has 0 atom stereocenters. The first-order valence-electron chi connectivity index (χ1n) is 9.37. The van der Waals surface area contributed by atoms with Gasteiger partial charge in [0.1, 0.15) is 12.4 Å². The lowest BCUT2D eigenvalue weighted by Crippen LogP contribution is -2.33. The number of nitrogens with zero attached hydrogens (tertiary/aromatic N) is 1. The number of sulfonamides is 1. The van der Waals surface area contributed by atoms with E-state index in [0.29, 0.717) is 29.7 Å². The molecule has 0 radical (unpaired) electrons. The maximum Gasteiger partial charge on any atom is 0.232 e. The molecule has 0 aromatic heterocycles. The van der Waals surface area contributed by atoms with E-state index in [4.69, 9.17) is 4.74 Å². The Bertz CT molecular complexity index is 947. The molecule has 0 saturated carbocycles. The van der Waals surface area contributed by atoms with E-state index in [1.165, 1.54) is 9.87 Å². The van der Waals surface area contributed by atoms with Crippen molar-refractivity contribution in [2.45, 2.75) is 26.7 Å². The molecule has 0 unspecified atom stereocenters. The first-order chi connectivity index (χ1) is 13.7. The van der Waals surface area contributed by atoms with Crippen LogP contribution < -0.4 is 14.4 Å². The molecule has 158 valence electrons. The number of carbonyl (C=O) groups is 1. The first kappa shape index (κ1) is 23.2. The van der Waals surface area contributed by atoms with E-state index in [0.717, 1.165) is 17.6 Å². The summed E-state index contributed by atoms with van der Waals surface area (Å²) in [5.41, 5.74) is 2.80. The van der Waals surface area contributed by atoms with Crippen LogP contribution in [0.15, 0.2) is 46.9 Å². The van der Waals surface area contributed by atoms with Crippen LogP contribution in [-0.2, 0) is 14.8 Å². The number of hydrogen-bond acceptors (Lipinski definition) is 4. The molecule has 2 aromatic rings. The number of nitrogens with one attached hydrogen (secondary N) is 1. The summed E-state index contributed by atoms with van der Waals surface area (Å²) in [5.74, 6) is 0.678. The van der Waals surface area contributed by atoms with Crippen LogP contribution >= 0.6 is 15.9 Å². The van der Waals surface area contributed by atoms with Crippen LogP contribution in [0.5, 0.6) is 5.75 Å². The highest BCUT2D eigenvalue weighted by Crippen LogP contribution is 2.27. The van der Waals surface area contributed by atoms with Gasteiger partial charge in [-0.05, 0) is 60.0 Å². The van der Waals surface area contributed by atoms with Crippen LogP contribution in [0, 0.1) is 13.8 Å². The average molecular weight is 483 g/mol. The van der Waals surface area contributed by atoms with Crippen LogP contribution in [0.3, 0.4) is 0 Å².